The third-order valence-corrected chi connectivity index (χ3v) is 10.4. The zero-order valence-corrected chi connectivity index (χ0v) is 30.4. The highest BCUT2D eigenvalue weighted by Crippen LogP contribution is 2.54. The van der Waals surface area contributed by atoms with Gasteiger partial charge in [-0.05, 0) is 114 Å². The maximum Gasteiger partial charge on any atom is 0.0464 e. The molecule has 3 aromatic carbocycles. The van der Waals surface area contributed by atoms with Crippen molar-refractivity contribution < 1.29 is 0 Å². The molecule has 0 aliphatic heterocycles. The molecule has 3 aliphatic rings. The van der Waals surface area contributed by atoms with E-state index in [2.05, 4.69) is 190 Å². The lowest BCUT2D eigenvalue weighted by molar-refractivity contribution is 0.415. The first-order valence-electron chi connectivity index (χ1n) is 18.1. The van der Waals surface area contributed by atoms with E-state index in [1.165, 1.54) is 22.3 Å². The fourth-order valence-electron chi connectivity index (χ4n) is 7.82. The number of benzene rings is 3. The van der Waals surface area contributed by atoms with Crippen molar-refractivity contribution >= 4 is 22.6 Å². The highest BCUT2D eigenvalue weighted by atomic mass is 15.2. The minimum Gasteiger partial charge on any atom is -0.338 e. The molecule has 2 heteroatoms. The number of allylic oxidation sites excluding steroid dienone is 16. The van der Waals surface area contributed by atoms with Crippen molar-refractivity contribution in [2.24, 2.45) is 11.8 Å². The zero-order valence-electron chi connectivity index (χ0n) is 30.4. The first-order chi connectivity index (χ1) is 24.9. The molecule has 2 unspecified atom stereocenters. The van der Waals surface area contributed by atoms with E-state index < -0.39 is 0 Å². The number of para-hydroxylation sites is 2. The average molecular weight is 667 g/mol. The Morgan fingerprint density at radius 2 is 1.65 bits per heavy atom. The van der Waals surface area contributed by atoms with Gasteiger partial charge in [0.2, 0.25) is 0 Å². The summed E-state index contributed by atoms with van der Waals surface area (Å²) in [6.45, 7) is 19.7. The first-order valence-corrected chi connectivity index (χ1v) is 18.1. The molecule has 2 atom stereocenters. The lowest BCUT2D eigenvalue weighted by Gasteiger charge is -2.32. The molecule has 0 radical (unpaired) electrons. The van der Waals surface area contributed by atoms with E-state index in [0.717, 1.165) is 46.9 Å². The van der Waals surface area contributed by atoms with Crippen molar-refractivity contribution in [3.8, 4) is 0 Å². The third-order valence-electron chi connectivity index (χ3n) is 10.4. The molecule has 51 heavy (non-hydrogen) atoms. The molecule has 0 saturated carbocycles. The first kappa shape index (κ1) is 35.2. The van der Waals surface area contributed by atoms with Crippen molar-refractivity contribution in [2.45, 2.75) is 39.0 Å². The number of anilines is 3. The Hall–Kier alpha value is -5.60. The maximum atomic E-state index is 4.14. The second-order valence-corrected chi connectivity index (χ2v) is 13.9. The fourth-order valence-corrected chi connectivity index (χ4v) is 7.82. The van der Waals surface area contributed by atoms with Crippen molar-refractivity contribution in [3.63, 3.8) is 0 Å². The van der Waals surface area contributed by atoms with Crippen LogP contribution in [0.2, 0.25) is 0 Å². The second kappa shape index (κ2) is 16.0. The molecule has 6 rings (SSSR count). The molecule has 0 spiro atoms. The summed E-state index contributed by atoms with van der Waals surface area (Å²) < 4.78 is 0. The molecule has 3 aromatic rings. The quantitative estimate of drug-likeness (QED) is 0.168. The van der Waals surface area contributed by atoms with E-state index in [0.29, 0.717) is 12.5 Å². The van der Waals surface area contributed by atoms with Crippen molar-refractivity contribution in [1.82, 2.24) is 0 Å². The monoisotopic (exact) mass is 666 g/mol. The lowest BCUT2D eigenvalue weighted by Crippen LogP contribution is -2.26. The van der Waals surface area contributed by atoms with E-state index >= 15 is 0 Å². The Balaban J connectivity index is 1.48. The van der Waals surface area contributed by atoms with Gasteiger partial charge >= 0.3 is 0 Å². The Morgan fingerprint density at radius 3 is 2.33 bits per heavy atom. The maximum absolute atomic E-state index is 4.14. The summed E-state index contributed by atoms with van der Waals surface area (Å²) in [5.41, 5.74) is 12.3. The predicted octanol–water partition coefficient (Wildman–Crippen LogP) is 12.9. The number of nitrogens with zero attached hydrogens (tertiary/aromatic N) is 2. The molecule has 3 aliphatic carbocycles. The average Bonchev–Trinajstić information content (AvgIpc) is 3.39. The van der Waals surface area contributed by atoms with Crippen molar-refractivity contribution in [2.75, 3.05) is 16.3 Å². The fraction of sp³-hybridized carbons (Fsp3) is 0.184. The van der Waals surface area contributed by atoms with Gasteiger partial charge in [-0.1, -0.05) is 143 Å². The van der Waals surface area contributed by atoms with Crippen LogP contribution in [0, 0.1) is 11.8 Å². The van der Waals surface area contributed by atoms with Crippen LogP contribution in [0.5, 0.6) is 0 Å². The van der Waals surface area contributed by atoms with Crippen LogP contribution in [0.3, 0.4) is 0 Å². The molecule has 0 saturated heterocycles. The molecule has 0 amide bonds. The van der Waals surface area contributed by atoms with Crippen LogP contribution >= 0.6 is 0 Å². The summed E-state index contributed by atoms with van der Waals surface area (Å²) in [5, 5.41) is 0. The molecule has 2 nitrogen and oxygen atoms in total. The van der Waals surface area contributed by atoms with Crippen LogP contribution in [-0.2, 0) is 5.41 Å². The lowest BCUT2D eigenvalue weighted by atomic mass is 9.75. The Morgan fingerprint density at radius 1 is 0.902 bits per heavy atom. The zero-order chi connectivity index (χ0) is 35.8. The van der Waals surface area contributed by atoms with Crippen molar-refractivity contribution in [1.29, 1.82) is 0 Å². The van der Waals surface area contributed by atoms with E-state index in [1.807, 2.05) is 24.3 Å². The topological polar surface area (TPSA) is 6.48 Å². The summed E-state index contributed by atoms with van der Waals surface area (Å²) in [5.74, 6) is 0.677. The molecular weight excluding hydrogens is 617 g/mol. The summed E-state index contributed by atoms with van der Waals surface area (Å²) in [4.78, 5) is 4.79. The van der Waals surface area contributed by atoms with Crippen LogP contribution in [0.4, 0.5) is 17.1 Å². The van der Waals surface area contributed by atoms with Gasteiger partial charge < -0.3 is 9.80 Å². The Kier molecular flexibility index (Phi) is 11.0. The van der Waals surface area contributed by atoms with Gasteiger partial charge in [0.05, 0.1) is 0 Å². The van der Waals surface area contributed by atoms with Crippen LogP contribution in [-0.4, -0.2) is 6.54 Å². The number of fused-ring (bicyclic) bond motifs is 3. The van der Waals surface area contributed by atoms with Gasteiger partial charge in [-0.15, -0.1) is 0 Å². The minimum absolute atomic E-state index is 0.0283. The molecular formula is C49H50N2. The van der Waals surface area contributed by atoms with Crippen LogP contribution in [0.25, 0.3) is 5.57 Å². The number of rotatable bonds is 13. The Labute approximate surface area is 306 Å². The van der Waals surface area contributed by atoms with Crippen molar-refractivity contribution in [3.05, 3.63) is 217 Å². The number of hydrogen-bond acceptors (Lipinski definition) is 2. The predicted molar refractivity (Wildman–Crippen MR) is 222 cm³/mol. The standard InChI is InChI=1S/C49H50N2/c1-7-11-22-42(31-32-50(40-23-14-12-15-24-40)44-34-37(20-8-2)33-39(35-44)38(10-4)21-9-3)51(41-25-16-13-17-26-41)43-29-30-46-45-27-18-19-28-47(45)49(5,6)48(46)36-43/h7-27,29-31,34-36,39,47H,1,3-4,28,32-33H2,2,5-6H3/b20-8-,22-11-,38-21+,42-31+. The van der Waals surface area contributed by atoms with Crippen LogP contribution < -0.4 is 9.80 Å². The Bertz CT molecular complexity index is 2010. The summed E-state index contributed by atoms with van der Waals surface area (Å²) >= 11 is 0. The van der Waals surface area contributed by atoms with Crippen LogP contribution in [0.1, 0.15) is 44.7 Å². The normalized spacial score (nSPS) is 19.5. The van der Waals surface area contributed by atoms with Crippen LogP contribution in [0.15, 0.2) is 206 Å². The highest BCUT2D eigenvalue weighted by molar-refractivity contribution is 5.83. The molecule has 256 valence electrons. The molecule has 0 fully saturated rings. The molecule has 0 aromatic heterocycles. The second-order valence-electron chi connectivity index (χ2n) is 13.9. The molecule has 0 bridgehead atoms. The van der Waals surface area contributed by atoms with Gasteiger partial charge in [0.25, 0.3) is 0 Å². The summed E-state index contributed by atoms with van der Waals surface area (Å²) in [6.07, 6.45) is 32.2. The molecule has 0 N–H and O–H groups in total. The minimum atomic E-state index is 0.0283. The third kappa shape index (κ3) is 7.47. The smallest absolute Gasteiger partial charge is 0.0464 e. The van der Waals surface area contributed by atoms with Gasteiger partial charge in [0, 0.05) is 40.9 Å². The van der Waals surface area contributed by atoms with Gasteiger partial charge in [-0.3, -0.25) is 0 Å². The largest absolute Gasteiger partial charge is 0.338 e. The summed E-state index contributed by atoms with van der Waals surface area (Å²) in [6, 6.07) is 28.4. The highest BCUT2D eigenvalue weighted by Gasteiger charge is 2.43. The van der Waals surface area contributed by atoms with Gasteiger partial charge in [-0.2, -0.15) is 0 Å². The van der Waals surface area contributed by atoms with E-state index in [4.69, 9.17) is 0 Å². The SMILES string of the molecule is C=C/C=C\C(=C/CN(C1=CC(/C(C=C)=C/C=C)CC(/C=C\C)=C1)c1ccccc1)N(c1ccccc1)c1ccc2c(c1)C(C)(C)C1CC=CC=C21. The number of hydrogen-bond donors (Lipinski definition) is 0. The van der Waals surface area contributed by atoms with E-state index in [1.54, 1.807) is 0 Å². The van der Waals surface area contributed by atoms with E-state index in [9.17, 15) is 0 Å². The van der Waals surface area contributed by atoms with Gasteiger partial charge in [-0.25, -0.2) is 0 Å². The van der Waals surface area contributed by atoms with Gasteiger partial charge in [0.15, 0.2) is 0 Å². The van der Waals surface area contributed by atoms with E-state index in [-0.39, 0.29) is 11.3 Å². The summed E-state index contributed by atoms with van der Waals surface area (Å²) in [7, 11) is 0. The van der Waals surface area contributed by atoms with Gasteiger partial charge in [0.1, 0.15) is 0 Å². The molecule has 0 heterocycles.